The Balaban J connectivity index is 3.18. The first kappa shape index (κ1) is 13.0. The zero-order valence-corrected chi connectivity index (χ0v) is 9.07. The zero-order valence-electron chi connectivity index (χ0n) is 9.07. The Morgan fingerprint density at radius 3 is 2.29 bits per heavy atom. The summed E-state index contributed by atoms with van der Waals surface area (Å²) in [6, 6.07) is 2.35. The number of carboxylic acids is 2. The molecule has 92 valence electrons. The average Bonchev–Trinajstić information content (AvgIpc) is 2.14. The molecule has 0 atom stereocenters. The maximum absolute atomic E-state index is 13.5. The van der Waals surface area contributed by atoms with Gasteiger partial charge in [0.25, 0.3) is 0 Å². The second-order valence-corrected chi connectivity index (χ2v) is 3.41. The first-order valence-electron chi connectivity index (χ1n) is 4.73. The van der Waals surface area contributed by atoms with Crippen molar-refractivity contribution in [2.75, 3.05) is 7.11 Å². The number of rotatable bonds is 5. The van der Waals surface area contributed by atoms with Crippen molar-refractivity contribution in [3.63, 3.8) is 0 Å². The van der Waals surface area contributed by atoms with Crippen LogP contribution in [0.5, 0.6) is 5.75 Å². The fraction of sp³-hybridized carbons (Fsp3) is 0.273. The second kappa shape index (κ2) is 5.29. The van der Waals surface area contributed by atoms with Crippen molar-refractivity contribution in [1.29, 1.82) is 0 Å². The molecule has 0 aliphatic heterocycles. The van der Waals surface area contributed by atoms with Crippen LogP contribution in [0.3, 0.4) is 0 Å². The molecule has 0 aromatic heterocycles. The van der Waals surface area contributed by atoms with Crippen LogP contribution in [0, 0.1) is 5.82 Å². The van der Waals surface area contributed by atoms with E-state index in [1.807, 2.05) is 0 Å². The van der Waals surface area contributed by atoms with Gasteiger partial charge in [-0.3, -0.25) is 9.59 Å². The first-order chi connectivity index (χ1) is 7.93. The van der Waals surface area contributed by atoms with Gasteiger partial charge < -0.3 is 14.9 Å². The number of halogens is 1. The Bertz CT molecular complexity index is 455. The minimum Gasteiger partial charge on any atom is -0.493 e. The van der Waals surface area contributed by atoms with E-state index in [1.165, 1.54) is 13.2 Å². The van der Waals surface area contributed by atoms with Gasteiger partial charge in [-0.2, -0.15) is 0 Å². The SMILES string of the molecule is COc1c(F)cc(CC(=O)O)cc1CC(=O)O. The predicted molar refractivity (Wildman–Crippen MR) is 55.6 cm³/mol. The summed E-state index contributed by atoms with van der Waals surface area (Å²) in [6.45, 7) is 0. The van der Waals surface area contributed by atoms with Crippen molar-refractivity contribution >= 4 is 11.9 Å². The molecule has 5 nitrogen and oxygen atoms in total. The van der Waals surface area contributed by atoms with Crippen LogP contribution >= 0.6 is 0 Å². The third-order valence-corrected chi connectivity index (χ3v) is 2.08. The standard InChI is InChI=1S/C11H11FO5/c1-17-11-7(5-10(15)16)2-6(3-8(11)12)4-9(13)14/h2-3H,4-5H2,1H3,(H,13,14)(H,15,16). The number of aliphatic carboxylic acids is 2. The van der Waals surface area contributed by atoms with Crippen molar-refractivity contribution in [2.24, 2.45) is 0 Å². The summed E-state index contributed by atoms with van der Waals surface area (Å²) < 4.78 is 18.3. The van der Waals surface area contributed by atoms with Crippen LogP contribution in [0.4, 0.5) is 4.39 Å². The van der Waals surface area contributed by atoms with E-state index in [4.69, 9.17) is 14.9 Å². The number of carbonyl (C=O) groups is 2. The van der Waals surface area contributed by atoms with Gasteiger partial charge in [-0.15, -0.1) is 0 Å². The highest BCUT2D eigenvalue weighted by atomic mass is 19.1. The Morgan fingerprint density at radius 1 is 1.24 bits per heavy atom. The smallest absolute Gasteiger partial charge is 0.307 e. The molecule has 6 heteroatoms. The van der Waals surface area contributed by atoms with E-state index in [0.717, 1.165) is 6.07 Å². The maximum Gasteiger partial charge on any atom is 0.307 e. The largest absolute Gasteiger partial charge is 0.493 e. The lowest BCUT2D eigenvalue weighted by atomic mass is 10.0. The summed E-state index contributed by atoms with van der Waals surface area (Å²) in [6.07, 6.45) is -0.791. The molecule has 0 saturated heterocycles. The van der Waals surface area contributed by atoms with E-state index in [9.17, 15) is 14.0 Å². The van der Waals surface area contributed by atoms with Crippen LogP contribution in [0.1, 0.15) is 11.1 Å². The summed E-state index contributed by atoms with van der Waals surface area (Å²) in [5.41, 5.74) is 0.323. The molecular formula is C11H11FO5. The molecule has 0 heterocycles. The Labute approximate surface area is 96.4 Å². The number of ether oxygens (including phenoxy) is 1. The summed E-state index contributed by atoms with van der Waals surface area (Å²) in [5, 5.41) is 17.2. The highest BCUT2D eigenvalue weighted by molar-refractivity contribution is 5.73. The predicted octanol–water partition coefficient (Wildman–Crippen LogP) is 1.09. The Kier molecular flexibility index (Phi) is 4.03. The molecule has 1 rings (SSSR count). The maximum atomic E-state index is 13.5. The number of hydrogen-bond acceptors (Lipinski definition) is 3. The van der Waals surface area contributed by atoms with Gasteiger partial charge in [-0.1, -0.05) is 6.07 Å². The molecule has 17 heavy (non-hydrogen) atoms. The highest BCUT2D eigenvalue weighted by Crippen LogP contribution is 2.25. The van der Waals surface area contributed by atoms with Crippen molar-refractivity contribution in [1.82, 2.24) is 0 Å². The minimum absolute atomic E-state index is 0.122. The van der Waals surface area contributed by atoms with Crippen LogP contribution in [0.15, 0.2) is 12.1 Å². The van der Waals surface area contributed by atoms with Crippen LogP contribution in [0.2, 0.25) is 0 Å². The fourth-order valence-corrected chi connectivity index (χ4v) is 1.51. The quantitative estimate of drug-likeness (QED) is 0.807. The van der Waals surface area contributed by atoms with Gasteiger partial charge in [0.2, 0.25) is 0 Å². The van der Waals surface area contributed by atoms with Crippen LogP contribution in [-0.4, -0.2) is 29.3 Å². The lowest BCUT2D eigenvalue weighted by Crippen LogP contribution is -2.07. The summed E-state index contributed by atoms with van der Waals surface area (Å²) in [5.74, 6) is -3.19. The molecule has 0 saturated carbocycles. The third-order valence-electron chi connectivity index (χ3n) is 2.08. The number of hydrogen-bond donors (Lipinski definition) is 2. The van der Waals surface area contributed by atoms with Crippen molar-refractivity contribution in [3.05, 3.63) is 29.1 Å². The van der Waals surface area contributed by atoms with Crippen LogP contribution in [-0.2, 0) is 22.4 Å². The Morgan fingerprint density at radius 2 is 1.82 bits per heavy atom. The van der Waals surface area contributed by atoms with E-state index in [-0.39, 0.29) is 23.3 Å². The van der Waals surface area contributed by atoms with E-state index in [1.54, 1.807) is 0 Å². The van der Waals surface area contributed by atoms with Gasteiger partial charge in [0, 0.05) is 5.56 Å². The molecule has 1 aromatic carbocycles. The van der Waals surface area contributed by atoms with Gasteiger partial charge in [0.15, 0.2) is 11.6 Å². The number of methoxy groups -OCH3 is 1. The number of carboxylic acid groups (broad SMARTS) is 2. The normalized spacial score (nSPS) is 10.0. The average molecular weight is 242 g/mol. The van der Waals surface area contributed by atoms with Gasteiger partial charge in [-0.25, -0.2) is 4.39 Å². The van der Waals surface area contributed by atoms with Crippen LogP contribution in [0.25, 0.3) is 0 Å². The molecule has 0 fully saturated rings. The molecule has 0 unspecified atom stereocenters. The molecule has 1 aromatic rings. The number of benzene rings is 1. The van der Waals surface area contributed by atoms with Crippen molar-refractivity contribution in [3.8, 4) is 5.75 Å². The third kappa shape index (κ3) is 3.44. The van der Waals surface area contributed by atoms with Crippen LogP contribution < -0.4 is 4.74 Å². The van der Waals surface area contributed by atoms with E-state index in [0.29, 0.717) is 0 Å². The monoisotopic (exact) mass is 242 g/mol. The zero-order chi connectivity index (χ0) is 13.0. The lowest BCUT2D eigenvalue weighted by molar-refractivity contribution is -0.137. The fourth-order valence-electron chi connectivity index (χ4n) is 1.51. The molecule has 0 spiro atoms. The first-order valence-corrected chi connectivity index (χ1v) is 4.73. The van der Waals surface area contributed by atoms with Gasteiger partial charge in [0.1, 0.15) is 0 Å². The minimum atomic E-state index is -1.14. The molecule has 0 bridgehead atoms. The Hall–Kier alpha value is -2.11. The molecule has 2 N–H and O–H groups in total. The molecular weight excluding hydrogens is 231 g/mol. The van der Waals surface area contributed by atoms with Crippen molar-refractivity contribution < 1.29 is 28.9 Å². The topological polar surface area (TPSA) is 83.8 Å². The van der Waals surface area contributed by atoms with E-state index < -0.39 is 24.2 Å². The van der Waals surface area contributed by atoms with Gasteiger partial charge in [0.05, 0.1) is 20.0 Å². The molecule has 0 radical (unpaired) electrons. The summed E-state index contributed by atoms with van der Waals surface area (Å²) in [4.78, 5) is 21.1. The van der Waals surface area contributed by atoms with Gasteiger partial charge in [-0.05, 0) is 11.6 Å². The van der Waals surface area contributed by atoms with Crippen molar-refractivity contribution in [2.45, 2.75) is 12.8 Å². The summed E-state index contributed by atoms with van der Waals surface area (Å²) in [7, 11) is 1.22. The van der Waals surface area contributed by atoms with E-state index >= 15 is 0 Å². The molecule has 0 aliphatic rings. The highest BCUT2D eigenvalue weighted by Gasteiger charge is 2.15. The van der Waals surface area contributed by atoms with Gasteiger partial charge >= 0.3 is 11.9 Å². The lowest BCUT2D eigenvalue weighted by Gasteiger charge is -2.09. The molecule has 0 amide bonds. The molecule has 0 aliphatic carbocycles. The van der Waals surface area contributed by atoms with E-state index in [2.05, 4.69) is 0 Å². The summed E-state index contributed by atoms with van der Waals surface area (Å²) >= 11 is 0. The second-order valence-electron chi connectivity index (χ2n) is 3.41.